The zero-order valence-corrected chi connectivity index (χ0v) is 30.2. The van der Waals surface area contributed by atoms with Crippen LogP contribution in [0.1, 0.15) is 39.7 Å². The van der Waals surface area contributed by atoms with E-state index < -0.39 is 24.2 Å². The fourth-order valence-corrected chi connectivity index (χ4v) is 8.14. The molecule has 6 rings (SSSR count). The van der Waals surface area contributed by atoms with E-state index in [0.29, 0.717) is 62.4 Å². The predicted octanol–water partition coefficient (Wildman–Crippen LogP) is 7.69. The first-order chi connectivity index (χ1) is 23.4. The highest BCUT2D eigenvalue weighted by Crippen LogP contribution is 2.37. The summed E-state index contributed by atoms with van der Waals surface area (Å²) in [5.74, 6) is 0.977. The molecule has 9 nitrogen and oxygen atoms in total. The summed E-state index contributed by atoms with van der Waals surface area (Å²) in [5, 5.41) is 22.5. The minimum atomic E-state index is -3.96. The van der Waals surface area contributed by atoms with Crippen molar-refractivity contribution < 1.29 is 23.0 Å². The Balaban J connectivity index is 1.52. The number of hydrogen-bond donors (Lipinski definition) is 1. The van der Waals surface area contributed by atoms with Crippen molar-refractivity contribution in [3.05, 3.63) is 125 Å². The SMILES string of the molecule is Cc1ccc(S(=O)(=O)n2ccc3c(C(O)c4nc5cc(C#N)ccc5n4COCC[Si](C)(C)C)c(COc4ccccc4)cc(C)c32)cc1. The van der Waals surface area contributed by atoms with Gasteiger partial charge in [0.05, 0.1) is 33.1 Å². The number of fused-ring (bicyclic) bond motifs is 2. The van der Waals surface area contributed by atoms with Gasteiger partial charge in [-0.15, -0.1) is 0 Å². The van der Waals surface area contributed by atoms with Gasteiger partial charge in [-0.2, -0.15) is 5.26 Å². The van der Waals surface area contributed by atoms with E-state index in [2.05, 4.69) is 25.7 Å². The van der Waals surface area contributed by atoms with E-state index in [-0.39, 0.29) is 18.2 Å². The van der Waals surface area contributed by atoms with Crippen molar-refractivity contribution in [1.82, 2.24) is 13.5 Å². The van der Waals surface area contributed by atoms with Crippen LogP contribution in [0.4, 0.5) is 0 Å². The minimum absolute atomic E-state index is 0.120. The van der Waals surface area contributed by atoms with Gasteiger partial charge < -0.3 is 19.1 Å². The Kier molecular flexibility index (Phi) is 9.51. The predicted molar refractivity (Wildman–Crippen MR) is 194 cm³/mol. The molecule has 2 heterocycles. The highest BCUT2D eigenvalue weighted by molar-refractivity contribution is 7.90. The van der Waals surface area contributed by atoms with Crippen LogP contribution in [0.25, 0.3) is 21.9 Å². The number of aliphatic hydroxyl groups is 1. The average Bonchev–Trinajstić information content (AvgIpc) is 3.68. The summed E-state index contributed by atoms with van der Waals surface area (Å²) in [5.41, 5.74) is 4.99. The first-order valence-corrected chi connectivity index (χ1v) is 21.3. The van der Waals surface area contributed by atoms with Gasteiger partial charge in [-0.1, -0.05) is 61.6 Å². The molecule has 11 heteroatoms. The molecule has 1 unspecified atom stereocenters. The number of rotatable bonds is 12. The van der Waals surface area contributed by atoms with Crippen molar-refractivity contribution in [1.29, 1.82) is 5.26 Å². The first-order valence-electron chi connectivity index (χ1n) is 16.2. The molecule has 0 saturated carbocycles. The standard InChI is InChI=1S/C38H40N4O5SSi/c1-26-11-14-31(15-12-26)48(44,45)42-18-17-32-35(29(21-27(2)36(32)42)24-47-30-9-7-6-8-10-30)37(43)38-40-33-22-28(23-39)13-16-34(33)41(38)25-46-19-20-49(3,4)5/h6-18,21-22,37,43H,19-20,24-25H2,1-5H3. The summed E-state index contributed by atoms with van der Waals surface area (Å²) in [4.78, 5) is 5.02. The summed E-state index contributed by atoms with van der Waals surface area (Å²) in [6.07, 6.45) is 0.237. The second-order valence-electron chi connectivity index (χ2n) is 13.5. The fraction of sp³-hybridized carbons (Fsp3) is 0.263. The van der Waals surface area contributed by atoms with Gasteiger partial charge in [0.25, 0.3) is 10.0 Å². The molecule has 0 aliphatic carbocycles. The molecule has 2 aromatic heterocycles. The van der Waals surface area contributed by atoms with E-state index in [9.17, 15) is 18.8 Å². The highest BCUT2D eigenvalue weighted by Gasteiger charge is 2.29. The van der Waals surface area contributed by atoms with Crippen LogP contribution >= 0.6 is 0 Å². The van der Waals surface area contributed by atoms with Crippen LogP contribution in [-0.4, -0.2) is 41.7 Å². The normalized spacial score (nSPS) is 12.8. The Morgan fingerprint density at radius 3 is 2.41 bits per heavy atom. The molecule has 0 fully saturated rings. The number of aliphatic hydroxyl groups excluding tert-OH is 1. The second-order valence-corrected chi connectivity index (χ2v) is 21.0. The molecule has 252 valence electrons. The molecule has 0 aliphatic rings. The number of ether oxygens (including phenoxy) is 2. The van der Waals surface area contributed by atoms with Crippen LogP contribution in [0.2, 0.25) is 25.7 Å². The average molecular weight is 693 g/mol. The van der Waals surface area contributed by atoms with Gasteiger partial charge in [0.1, 0.15) is 31.0 Å². The lowest BCUT2D eigenvalue weighted by Crippen LogP contribution is -2.22. The monoisotopic (exact) mass is 692 g/mol. The number of aromatic nitrogens is 3. The topological polar surface area (TPSA) is 119 Å². The molecule has 0 amide bonds. The van der Waals surface area contributed by atoms with Gasteiger partial charge in [-0.05, 0) is 79.5 Å². The molecular weight excluding hydrogens is 653 g/mol. The molecule has 1 atom stereocenters. The highest BCUT2D eigenvalue weighted by atomic mass is 32.2. The Bertz CT molecular complexity index is 2280. The van der Waals surface area contributed by atoms with Gasteiger partial charge >= 0.3 is 0 Å². The van der Waals surface area contributed by atoms with Gasteiger partial charge in [0, 0.05) is 31.8 Å². The molecule has 0 saturated heterocycles. The number of para-hydroxylation sites is 1. The quantitative estimate of drug-likeness (QED) is 0.103. The van der Waals surface area contributed by atoms with Crippen LogP contribution in [0, 0.1) is 25.2 Å². The molecule has 0 aliphatic heterocycles. The zero-order chi connectivity index (χ0) is 34.9. The van der Waals surface area contributed by atoms with Crippen molar-refractivity contribution in [2.24, 2.45) is 0 Å². The van der Waals surface area contributed by atoms with E-state index in [1.165, 1.54) is 10.2 Å². The zero-order valence-electron chi connectivity index (χ0n) is 28.3. The van der Waals surface area contributed by atoms with Crippen molar-refractivity contribution in [3.63, 3.8) is 0 Å². The van der Waals surface area contributed by atoms with Gasteiger partial charge in [-0.25, -0.2) is 17.4 Å². The largest absolute Gasteiger partial charge is 0.489 e. The van der Waals surface area contributed by atoms with Crippen LogP contribution in [0.3, 0.4) is 0 Å². The smallest absolute Gasteiger partial charge is 0.268 e. The second kappa shape index (κ2) is 13.6. The maximum Gasteiger partial charge on any atom is 0.268 e. The van der Waals surface area contributed by atoms with Crippen molar-refractivity contribution in [3.8, 4) is 11.8 Å². The van der Waals surface area contributed by atoms with Crippen LogP contribution in [0.5, 0.6) is 5.75 Å². The fourth-order valence-electron chi connectivity index (χ4n) is 5.97. The van der Waals surface area contributed by atoms with Crippen molar-refractivity contribution in [2.45, 2.75) is 63.9 Å². The summed E-state index contributed by atoms with van der Waals surface area (Å²) in [7, 11) is -5.32. The van der Waals surface area contributed by atoms with Crippen LogP contribution in [0.15, 0.2) is 96.0 Å². The Labute approximate surface area is 288 Å². The molecule has 0 bridgehead atoms. The van der Waals surface area contributed by atoms with E-state index in [1.807, 2.05) is 60.9 Å². The number of hydrogen-bond acceptors (Lipinski definition) is 7. The number of aryl methyl sites for hydroxylation is 2. The molecule has 1 N–H and O–H groups in total. The third kappa shape index (κ3) is 7.05. The number of imidazole rings is 1. The van der Waals surface area contributed by atoms with Gasteiger partial charge in [-0.3, -0.25) is 0 Å². The maximum absolute atomic E-state index is 14.0. The van der Waals surface area contributed by atoms with E-state index in [0.717, 1.165) is 11.6 Å². The first kappa shape index (κ1) is 34.1. The van der Waals surface area contributed by atoms with Crippen LogP contribution in [-0.2, 0) is 28.1 Å². The molecule has 0 spiro atoms. The summed E-state index contributed by atoms with van der Waals surface area (Å²) < 4.78 is 43.4. The molecule has 6 aromatic rings. The lowest BCUT2D eigenvalue weighted by atomic mass is 9.95. The van der Waals surface area contributed by atoms with Gasteiger partial charge in [0.2, 0.25) is 0 Å². The van der Waals surface area contributed by atoms with Gasteiger partial charge in [0.15, 0.2) is 0 Å². The van der Waals surface area contributed by atoms with Crippen LogP contribution < -0.4 is 4.74 Å². The molecule has 4 aromatic carbocycles. The maximum atomic E-state index is 14.0. The summed E-state index contributed by atoms with van der Waals surface area (Å²) in [6.45, 7) is 11.4. The van der Waals surface area contributed by atoms with E-state index in [4.69, 9.17) is 14.5 Å². The van der Waals surface area contributed by atoms with Crippen molar-refractivity contribution in [2.75, 3.05) is 6.61 Å². The minimum Gasteiger partial charge on any atom is -0.489 e. The molecular formula is C38H40N4O5SSi. The number of nitrogens with zero attached hydrogens (tertiary/aromatic N) is 4. The Hall–Kier alpha value is -4.73. The number of benzene rings is 4. The number of nitriles is 1. The molecule has 49 heavy (non-hydrogen) atoms. The molecule has 0 radical (unpaired) electrons. The Morgan fingerprint density at radius 2 is 1.71 bits per heavy atom. The van der Waals surface area contributed by atoms with E-state index in [1.54, 1.807) is 42.5 Å². The summed E-state index contributed by atoms with van der Waals surface area (Å²) >= 11 is 0. The third-order valence-corrected chi connectivity index (χ3v) is 12.0. The summed E-state index contributed by atoms with van der Waals surface area (Å²) in [6, 6.07) is 28.1. The van der Waals surface area contributed by atoms with Crippen molar-refractivity contribution >= 4 is 40.0 Å². The van der Waals surface area contributed by atoms with E-state index >= 15 is 0 Å². The lowest BCUT2D eigenvalue weighted by molar-refractivity contribution is 0.0814. The third-order valence-electron chi connectivity index (χ3n) is 8.61. The lowest BCUT2D eigenvalue weighted by Gasteiger charge is -2.21. The Morgan fingerprint density at radius 1 is 0.980 bits per heavy atom.